The minimum Gasteiger partial charge on any atom is -0.469 e. The molecule has 0 amide bonds. The first-order valence-corrected chi connectivity index (χ1v) is 7.06. The molecule has 4 nitrogen and oxygen atoms in total. The monoisotopic (exact) mass is 272 g/mol. The highest BCUT2D eigenvalue weighted by molar-refractivity contribution is 5.90. The Bertz CT molecular complexity index is 686. The van der Waals surface area contributed by atoms with Crippen molar-refractivity contribution < 1.29 is 9.53 Å². The highest BCUT2D eigenvalue weighted by Gasteiger charge is 2.20. The van der Waals surface area contributed by atoms with E-state index in [1.54, 1.807) is 0 Å². The third kappa shape index (κ3) is 1.91. The summed E-state index contributed by atoms with van der Waals surface area (Å²) in [4.78, 5) is 11.7. The summed E-state index contributed by atoms with van der Waals surface area (Å²) in [6, 6.07) is 4.50. The Morgan fingerprint density at radius 3 is 2.70 bits per heavy atom. The van der Waals surface area contributed by atoms with Gasteiger partial charge in [0.15, 0.2) is 0 Å². The van der Waals surface area contributed by atoms with Crippen molar-refractivity contribution in [3.63, 3.8) is 0 Å². The molecule has 2 aromatic rings. The summed E-state index contributed by atoms with van der Waals surface area (Å²) in [5.74, 6) is -0.179. The van der Waals surface area contributed by atoms with E-state index < -0.39 is 0 Å². The van der Waals surface area contributed by atoms with E-state index in [0.717, 1.165) is 25.2 Å². The lowest BCUT2D eigenvalue weighted by molar-refractivity contribution is -0.139. The smallest absolute Gasteiger partial charge is 0.310 e. The van der Waals surface area contributed by atoms with Gasteiger partial charge < -0.3 is 14.6 Å². The summed E-state index contributed by atoms with van der Waals surface area (Å²) in [6.45, 7) is 6.99. The highest BCUT2D eigenvalue weighted by Crippen LogP contribution is 2.31. The van der Waals surface area contributed by atoms with Crippen LogP contribution in [0.15, 0.2) is 12.1 Å². The summed E-state index contributed by atoms with van der Waals surface area (Å²) in [6.07, 6.45) is 0.345. The maximum atomic E-state index is 11.7. The van der Waals surface area contributed by atoms with E-state index in [0.29, 0.717) is 6.42 Å². The molecular formula is C16H20N2O2. The van der Waals surface area contributed by atoms with Gasteiger partial charge in [-0.1, -0.05) is 0 Å². The zero-order valence-corrected chi connectivity index (χ0v) is 12.2. The Morgan fingerprint density at radius 2 is 2.05 bits per heavy atom. The second-order valence-corrected chi connectivity index (χ2v) is 5.30. The quantitative estimate of drug-likeness (QED) is 0.872. The van der Waals surface area contributed by atoms with E-state index >= 15 is 0 Å². The van der Waals surface area contributed by atoms with E-state index in [-0.39, 0.29) is 5.97 Å². The van der Waals surface area contributed by atoms with Crippen molar-refractivity contribution in [2.75, 3.05) is 7.11 Å². The number of aryl methyl sites for hydroxylation is 1. The average Bonchev–Trinajstić information content (AvgIpc) is 3.00. The van der Waals surface area contributed by atoms with Crippen molar-refractivity contribution in [2.45, 2.75) is 39.9 Å². The first kappa shape index (κ1) is 13.2. The predicted molar refractivity (Wildman–Crippen MR) is 78.6 cm³/mol. The second kappa shape index (κ2) is 4.94. The molecule has 0 atom stereocenters. The fraction of sp³-hybridized carbons (Fsp3) is 0.438. The van der Waals surface area contributed by atoms with Crippen molar-refractivity contribution in [1.29, 1.82) is 0 Å². The third-order valence-corrected chi connectivity index (χ3v) is 4.27. The standard InChI is InChI=1S/C16H20N2O2/c1-4-18-10(2)13(7-16(19)20-3)14-5-11-8-17-9-12(11)6-15(14)18/h5-6,17H,4,7-9H2,1-3H3. The van der Waals surface area contributed by atoms with Crippen LogP contribution in [0, 0.1) is 6.92 Å². The van der Waals surface area contributed by atoms with Crippen LogP contribution < -0.4 is 5.32 Å². The number of methoxy groups -OCH3 is 1. The molecule has 20 heavy (non-hydrogen) atoms. The van der Waals surface area contributed by atoms with Crippen molar-refractivity contribution >= 4 is 16.9 Å². The number of ether oxygens (including phenoxy) is 1. The van der Waals surface area contributed by atoms with Crippen LogP contribution in [0.1, 0.15) is 29.3 Å². The van der Waals surface area contributed by atoms with E-state index in [1.165, 1.54) is 34.8 Å². The van der Waals surface area contributed by atoms with Gasteiger partial charge in [-0.2, -0.15) is 0 Å². The lowest BCUT2D eigenvalue weighted by atomic mass is 10.0. The molecule has 1 N–H and O–H groups in total. The largest absolute Gasteiger partial charge is 0.469 e. The van der Waals surface area contributed by atoms with Crippen molar-refractivity contribution in [2.24, 2.45) is 0 Å². The van der Waals surface area contributed by atoms with Crippen LogP contribution in [-0.4, -0.2) is 17.6 Å². The third-order valence-electron chi connectivity index (χ3n) is 4.27. The molecule has 0 saturated carbocycles. The van der Waals surface area contributed by atoms with Crippen molar-refractivity contribution in [3.8, 4) is 0 Å². The van der Waals surface area contributed by atoms with E-state index in [9.17, 15) is 4.79 Å². The molecule has 0 spiro atoms. The number of esters is 1. The van der Waals surface area contributed by atoms with Crippen molar-refractivity contribution in [1.82, 2.24) is 9.88 Å². The molecule has 0 fully saturated rings. The number of hydrogen-bond donors (Lipinski definition) is 1. The number of carbonyl (C=O) groups excluding carboxylic acids is 1. The maximum absolute atomic E-state index is 11.7. The van der Waals surface area contributed by atoms with Crippen LogP contribution in [-0.2, 0) is 35.6 Å². The predicted octanol–water partition coefficient (Wildman–Crippen LogP) is 2.29. The lowest BCUT2D eigenvalue weighted by Gasteiger charge is -2.05. The minimum absolute atomic E-state index is 0.179. The van der Waals surface area contributed by atoms with Crippen LogP contribution in [0.3, 0.4) is 0 Å². The Balaban J connectivity index is 2.22. The minimum atomic E-state index is -0.179. The number of nitrogens with one attached hydrogen (secondary N) is 1. The zero-order valence-electron chi connectivity index (χ0n) is 12.2. The number of rotatable bonds is 3. The molecule has 106 valence electrons. The molecular weight excluding hydrogens is 252 g/mol. The van der Waals surface area contributed by atoms with E-state index in [2.05, 4.69) is 35.9 Å². The van der Waals surface area contributed by atoms with Gasteiger partial charge in [0, 0.05) is 36.2 Å². The normalized spacial score (nSPS) is 13.8. The first-order valence-electron chi connectivity index (χ1n) is 7.06. The fourth-order valence-electron chi connectivity index (χ4n) is 3.19. The van der Waals surface area contributed by atoms with Gasteiger partial charge in [-0.05, 0) is 42.7 Å². The summed E-state index contributed by atoms with van der Waals surface area (Å²) in [5.41, 5.74) is 6.21. The van der Waals surface area contributed by atoms with E-state index in [1.807, 2.05) is 0 Å². The number of fused-ring (bicyclic) bond motifs is 2. The number of aromatic nitrogens is 1. The Labute approximate surface area is 118 Å². The molecule has 1 aliphatic heterocycles. The number of carbonyl (C=O) groups is 1. The van der Waals surface area contributed by atoms with Gasteiger partial charge in [0.05, 0.1) is 13.5 Å². The van der Waals surface area contributed by atoms with Gasteiger partial charge in [0.2, 0.25) is 0 Å². The Kier molecular flexibility index (Phi) is 3.26. The van der Waals surface area contributed by atoms with Gasteiger partial charge >= 0.3 is 5.97 Å². The van der Waals surface area contributed by atoms with Gasteiger partial charge in [-0.25, -0.2) is 0 Å². The molecule has 2 heterocycles. The molecule has 0 radical (unpaired) electrons. The maximum Gasteiger partial charge on any atom is 0.310 e. The van der Waals surface area contributed by atoms with Crippen LogP contribution in [0.5, 0.6) is 0 Å². The van der Waals surface area contributed by atoms with Gasteiger partial charge in [-0.3, -0.25) is 4.79 Å². The zero-order chi connectivity index (χ0) is 14.3. The SMILES string of the molecule is CCn1c(C)c(CC(=O)OC)c2cc3c(cc21)CNC3. The summed E-state index contributed by atoms with van der Waals surface area (Å²) in [7, 11) is 1.44. The second-order valence-electron chi connectivity index (χ2n) is 5.30. The van der Waals surface area contributed by atoms with Crippen LogP contribution in [0.4, 0.5) is 0 Å². The van der Waals surface area contributed by atoms with Crippen LogP contribution >= 0.6 is 0 Å². The van der Waals surface area contributed by atoms with Gasteiger partial charge in [0.25, 0.3) is 0 Å². The fourth-order valence-corrected chi connectivity index (χ4v) is 3.19. The highest BCUT2D eigenvalue weighted by atomic mass is 16.5. The molecule has 4 heteroatoms. The average molecular weight is 272 g/mol. The molecule has 1 aromatic carbocycles. The molecule has 1 aliphatic rings. The number of benzene rings is 1. The number of nitrogens with zero attached hydrogens (tertiary/aromatic N) is 1. The van der Waals surface area contributed by atoms with Crippen LogP contribution in [0.2, 0.25) is 0 Å². The molecule has 1 aromatic heterocycles. The summed E-state index contributed by atoms with van der Waals surface area (Å²) < 4.78 is 7.12. The Morgan fingerprint density at radius 1 is 1.35 bits per heavy atom. The van der Waals surface area contributed by atoms with Gasteiger partial charge in [0.1, 0.15) is 0 Å². The lowest BCUT2D eigenvalue weighted by Crippen LogP contribution is -2.06. The summed E-state index contributed by atoms with van der Waals surface area (Å²) >= 11 is 0. The first-order chi connectivity index (χ1) is 9.65. The summed E-state index contributed by atoms with van der Waals surface area (Å²) in [5, 5.41) is 4.57. The molecule has 0 unspecified atom stereocenters. The topological polar surface area (TPSA) is 43.3 Å². The van der Waals surface area contributed by atoms with Crippen molar-refractivity contribution in [3.05, 3.63) is 34.5 Å². The molecule has 3 rings (SSSR count). The molecule has 0 saturated heterocycles. The van der Waals surface area contributed by atoms with Crippen LogP contribution in [0.25, 0.3) is 10.9 Å². The van der Waals surface area contributed by atoms with E-state index in [4.69, 9.17) is 4.74 Å². The molecule has 0 aliphatic carbocycles. The molecule has 0 bridgehead atoms. The number of hydrogen-bond acceptors (Lipinski definition) is 3. The van der Waals surface area contributed by atoms with Gasteiger partial charge in [-0.15, -0.1) is 0 Å². The Hall–Kier alpha value is -1.81.